The molecular weight excluding hydrogens is 256 g/mol. The minimum atomic E-state index is 0.314. The molecule has 0 bridgehead atoms. The van der Waals surface area contributed by atoms with Gasteiger partial charge < -0.3 is 5.73 Å². The van der Waals surface area contributed by atoms with Crippen LogP contribution in [-0.2, 0) is 0 Å². The summed E-state index contributed by atoms with van der Waals surface area (Å²) < 4.78 is 0. The molecule has 2 atom stereocenters. The Hall–Kier alpha value is -0.0800. The molecule has 2 fully saturated rings. The van der Waals surface area contributed by atoms with Gasteiger partial charge in [-0.1, -0.05) is 40.0 Å². The van der Waals surface area contributed by atoms with Crippen LogP contribution in [0, 0.1) is 11.3 Å². The standard InChI is InChI=1S/C19H38N2/c1-4-7-17-8-5-14-21(15-9-17)19(16-20)11-6-10-18(2,3)12-13-19/h17H,4-16,20H2,1-3H3. The molecule has 2 rings (SSSR count). The highest BCUT2D eigenvalue weighted by atomic mass is 15.2. The maximum Gasteiger partial charge on any atom is 0.0331 e. The van der Waals surface area contributed by atoms with Gasteiger partial charge in [-0.2, -0.15) is 0 Å². The SMILES string of the molecule is CCCC1CCCN(C2(CN)CCCC(C)(C)CC2)CC1. The fourth-order valence-corrected chi connectivity index (χ4v) is 4.70. The Morgan fingerprint density at radius 1 is 1.00 bits per heavy atom. The lowest BCUT2D eigenvalue weighted by atomic mass is 9.83. The van der Waals surface area contributed by atoms with Crippen molar-refractivity contribution in [3.05, 3.63) is 0 Å². The lowest BCUT2D eigenvalue weighted by Gasteiger charge is -2.43. The van der Waals surface area contributed by atoms with E-state index < -0.39 is 0 Å². The van der Waals surface area contributed by atoms with Crippen LogP contribution in [0.1, 0.15) is 85.0 Å². The normalized spacial score (nSPS) is 35.1. The molecule has 1 heterocycles. The van der Waals surface area contributed by atoms with E-state index in [1.165, 1.54) is 77.3 Å². The van der Waals surface area contributed by atoms with Crippen molar-refractivity contribution in [1.29, 1.82) is 0 Å². The molecule has 1 aliphatic carbocycles. The van der Waals surface area contributed by atoms with E-state index in [1.54, 1.807) is 0 Å². The van der Waals surface area contributed by atoms with Crippen LogP contribution < -0.4 is 5.73 Å². The third kappa shape index (κ3) is 4.45. The van der Waals surface area contributed by atoms with Crippen LogP contribution in [0.25, 0.3) is 0 Å². The van der Waals surface area contributed by atoms with Crippen molar-refractivity contribution in [3.8, 4) is 0 Å². The molecule has 124 valence electrons. The summed E-state index contributed by atoms with van der Waals surface area (Å²) >= 11 is 0. The molecule has 21 heavy (non-hydrogen) atoms. The lowest BCUT2D eigenvalue weighted by molar-refractivity contribution is 0.0773. The summed E-state index contributed by atoms with van der Waals surface area (Å²) in [4.78, 5) is 2.81. The monoisotopic (exact) mass is 294 g/mol. The zero-order valence-electron chi connectivity index (χ0n) is 14.8. The minimum Gasteiger partial charge on any atom is -0.329 e. The minimum absolute atomic E-state index is 0.314. The number of nitrogens with two attached hydrogens (primary N) is 1. The van der Waals surface area contributed by atoms with E-state index in [9.17, 15) is 0 Å². The number of likely N-dealkylation sites (tertiary alicyclic amines) is 1. The van der Waals surface area contributed by atoms with Crippen LogP contribution in [0.15, 0.2) is 0 Å². The summed E-state index contributed by atoms with van der Waals surface area (Å²) in [6.07, 6.45) is 13.7. The summed E-state index contributed by atoms with van der Waals surface area (Å²) in [6.45, 7) is 10.7. The van der Waals surface area contributed by atoms with Gasteiger partial charge in [-0.25, -0.2) is 0 Å². The van der Waals surface area contributed by atoms with Crippen LogP contribution in [0.4, 0.5) is 0 Å². The van der Waals surface area contributed by atoms with Gasteiger partial charge in [0.2, 0.25) is 0 Å². The molecule has 2 nitrogen and oxygen atoms in total. The van der Waals surface area contributed by atoms with E-state index in [2.05, 4.69) is 25.7 Å². The maximum absolute atomic E-state index is 6.33. The third-order valence-electron chi connectivity index (χ3n) is 6.36. The Kier molecular flexibility index (Phi) is 6.14. The van der Waals surface area contributed by atoms with Gasteiger partial charge in [0.15, 0.2) is 0 Å². The van der Waals surface area contributed by atoms with Crippen molar-refractivity contribution in [2.45, 2.75) is 90.5 Å². The molecule has 1 aliphatic heterocycles. The number of hydrogen-bond acceptors (Lipinski definition) is 2. The largest absolute Gasteiger partial charge is 0.329 e. The second-order valence-electron chi connectivity index (χ2n) is 8.52. The molecule has 0 aromatic heterocycles. The second-order valence-corrected chi connectivity index (χ2v) is 8.52. The summed E-state index contributed by atoms with van der Waals surface area (Å²) in [6, 6.07) is 0. The van der Waals surface area contributed by atoms with E-state index in [0.717, 1.165) is 12.5 Å². The molecule has 0 amide bonds. The molecule has 2 aliphatic rings. The summed E-state index contributed by atoms with van der Waals surface area (Å²) in [7, 11) is 0. The van der Waals surface area contributed by atoms with Gasteiger partial charge in [0.1, 0.15) is 0 Å². The number of rotatable bonds is 4. The molecule has 0 spiro atoms. The van der Waals surface area contributed by atoms with Crippen molar-refractivity contribution in [2.24, 2.45) is 17.1 Å². The van der Waals surface area contributed by atoms with Gasteiger partial charge in [0.05, 0.1) is 0 Å². The molecule has 0 radical (unpaired) electrons. The Labute approximate surface area is 132 Å². The highest BCUT2D eigenvalue weighted by molar-refractivity contribution is 4.96. The first-order valence-corrected chi connectivity index (χ1v) is 9.46. The second kappa shape index (κ2) is 7.46. The molecule has 2 N–H and O–H groups in total. The molecular formula is C19H38N2. The van der Waals surface area contributed by atoms with E-state index >= 15 is 0 Å². The van der Waals surface area contributed by atoms with E-state index in [1.807, 2.05) is 0 Å². The third-order valence-corrected chi connectivity index (χ3v) is 6.36. The fraction of sp³-hybridized carbons (Fsp3) is 1.00. The average molecular weight is 295 g/mol. The van der Waals surface area contributed by atoms with Crippen molar-refractivity contribution >= 4 is 0 Å². The molecule has 0 aromatic rings. The first-order valence-electron chi connectivity index (χ1n) is 9.46. The number of nitrogens with zero attached hydrogens (tertiary/aromatic N) is 1. The van der Waals surface area contributed by atoms with Crippen LogP contribution in [0.2, 0.25) is 0 Å². The lowest BCUT2D eigenvalue weighted by Crippen LogP contribution is -2.54. The first-order chi connectivity index (χ1) is 10.0. The summed E-state index contributed by atoms with van der Waals surface area (Å²) in [5.74, 6) is 0.969. The Balaban J connectivity index is 2.02. The van der Waals surface area contributed by atoms with Gasteiger partial charge >= 0.3 is 0 Å². The smallest absolute Gasteiger partial charge is 0.0331 e. The Morgan fingerprint density at radius 3 is 2.52 bits per heavy atom. The van der Waals surface area contributed by atoms with Gasteiger partial charge in [0, 0.05) is 12.1 Å². The van der Waals surface area contributed by atoms with Gasteiger partial charge in [-0.05, 0) is 69.4 Å². The maximum atomic E-state index is 6.33. The highest BCUT2D eigenvalue weighted by Gasteiger charge is 2.39. The van der Waals surface area contributed by atoms with Crippen LogP contribution in [-0.4, -0.2) is 30.1 Å². The first kappa shape index (κ1) is 17.3. The zero-order chi connectivity index (χ0) is 15.3. The predicted molar refractivity (Wildman–Crippen MR) is 92.5 cm³/mol. The fourth-order valence-electron chi connectivity index (χ4n) is 4.70. The molecule has 0 aromatic carbocycles. The zero-order valence-corrected chi connectivity index (χ0v) is 14.8. The van der Waals surface area contributed by atoms with Crippen molar-refractivity contribution < 1.29 is 0 Å². The predicted octanol–water partition coefficient (Wildman–Crippen LogP) is 4.58. The van der Waals surface area contributed by atoms with Gasteiger partial charge in [-0.15, -0.1) is 0 Å². The van der Waals surface area contributed by atoms with Gasteiger partial charge in [0.25, 0.3) is 0 Å². The molecule has 1 saturated carbocycles. The highest BCUT2D eigenvalue weighted by Crippen LogP contribution is 2.41. The Bertz CT molecular complexity index is 313. The van der Waals surface area contributed by atoms with E-state index in [-0.39, 0.29) is 0 Å². The summed E-state index contributed by atoms with van der Waals surface area (Å²) in [5.41, 5.74) is 7.17. The summed E-state index contributed by atoms with van der Waals surface area (Å²) in [5, 5.41) is 0. The quantitative estimate of drug-likeness (QED) is 0.769. The van der Waals surface area contributed by atoms with Crippen LogP contribution >= 0.6 is 0 Å². The van der Waals surface area contributed by atoms with Gasteiger partial charge in [-0.3, -0.25) is 4.90 Å². The van der Waals surface area contributed by atoms with Crippen LogP contribution in [0.5, 0.6) is 0 Å². The van der Waals surface area contributed by atoms with Crippen molar-refractivity contribution in [1.82, 2.24) is 4.90 Å². The molecule has 1 saturated heterocycles. The van der Waals surface area contributed by atoms with Crippen LogP contribution in [0.3, 0.4) is 0 Å². The van der Waals surface area contributed by atoms with E-state index in [4.69, 9.17) is 5.73 Å². The number of hydrogen-bond donors (Lipinski definition) is 1. The van der Waals surface area contributed by atoms with Crippen molar-refractivity contribution in [3.63, 3.8) is 0 Å². The van der Waals surface area contributed by atoms with E-state index in [0.29, 0.717) is 11.0 Å². The Morgan fingerprint density at radius 2 is 1.81 bits per heavy atom. The molecule has 2 unspecified atom stereocenters. The average Bonchev–Trinajstić information content (AvgIpc) is 2.77. The topological polar surface area (TPSA) is 29.3 Å². The molecule has 2 heteroatoms. The van der Waals surface area contributed by atoms with Crippen molar-refractivity contribution in [2.75, 3.05) is 19.6 Å².